The van der Waals surface area contributed by atoms with E-state index in [-0.39, 0.29) is 45.6 Å². The van der Waals surface area contributed by atoms with Crippen molar-refractivity contribution in [2.24, 2.45) is 0 Å². The SMILES string of the molecule is COc1cc(-c2oc3cc(O[C@@H]4OC(C)[C@H](O)C(O)[C@@H]4O)cc(O)c3c(=O)c2O[C@@H]2OC(COC(=O)/C=C/c3cc(OC)c(O)c(OC)c3)[C@@H](O)C(O)[C@@H]2O[C@@H]2OC(C)[C@H](O)C(O)[C@@H]2O)ccc1O. The Morgan fingerprint density at radius 3 is 1.88 bits per heavy atom. The molecule has 0 spiro atoms. The predicted molar refractivity (Wildman–Crippen MR) is 231 cm³/mol. The number of ether oxygens (including phenoxy) is 10. The number of aliphatic hydroxyl groups excluding tert-OH is 8. The Balaban J connectivity index is 1.26. The molecule has 15 atom stereocenters. The normalized spacial score (nSPS) is 31.6. The molecule has 3 aliphatic heterocycles. The highest BCUT2D eigenvalue weighted by molar-refractivity contribution is 5.89. The number of fused-ring (bicyclic) bond motifs is 1. The van der Waals surface area contributed by atoms with Crippen molar-refractivity contribution in [2.75, 3.05) is 27.9 Å². The largest absolute Gasteiger partial charge is 0.507 e. The van der Waals surface area contributed by atoms with Crippen molar-refractivity contribution < 1.29 is 113 Å². The molecular weight excluding hydrogens is 924 g/mol. The molecule has 0 aliphatic carbocycles. The molecule has 3 aliphatic rings. The van der Waals surface area contributed by atoms with Crippen LogP contribution in [0, 0.1) is 0 Å². The first-order valence-electron chi connectivity index (χ1n) is 21.2. The van der Waals surface area contributed by atoms with Crippen LogP contribution in [0.25, 0.3) is 28.4 Å². The number of phenolic OH excluding ortho intramolecular Hbond substituents is 3. The van der Waals surface area contributed by atoms with Crippen molar-refractivity contribution in [3.8, 4) is 57.3 Å². The Bertz CT molecular complexity index is 2540. The summed E-state index contributed by atoms with van der Waals surface area (Å²) in [7, 11) is 3.85. The van der Waals surface area contributed by atoms with Gasteiger partial charge in [0.05, 0.1) is 33.5 Å². The number of hydrogen-bond donors (Lipinski definition) is 11. The zero-order valence-electron chi connectivity index (χ0n) is 37.3. The van der Waals surface area contributed by atoms with E-state index in [1.54, 1.807) is 0 Å². The van der Waals surface area contributed by atoms with Crippen molar-refractivity contribution in [1.29, 1.82) is 0 Å². The van der Waals surface area contributed by atoms with Crippen LogP contribution in [0.5, 0.6) is 46.0 Å². The maximum absolute atomic E-state index is 14.7. The van der Waals surface area contributed by atoms with Crippen LogP contribution < -0.4 is 29.1 Å². The standard InChI is InChI=1S/C45H52O24/c1-16-30(49)35(54)38(57)43(63-16)65-20-13-22(47)29-24(14-20)66-40(19-7-8-21(46)23(12-19)59-3)41(34(29)53)68-45-42(69-44-39(58)36(55)31(50)17(2)64-44)37(56)33(52)27(67-45)15-62-28(48)9-6-18-10-25(60-4)32(51)26(11-18)61-5/h6-14,16-17,27,30-31,33,35-39,42-47,49-52,54-58H,15H2,1-5H3/b9-6+/t16?,17?,27?,30-,31-,33+,35?,36?,37?,38-,39-,42-,43-,44-,45-/m0/s1. The number of esters is 1. The first-order valence-corrected chi connectivity index (χ1v) is 21.2. The Kier molecular flexibility index (Phi) is 15.4. The van der Waals surface area contributed by atoms with Crippen LogP contribution in [0.4, 0.5) is 0 Å². The van der Waals surface area contributed by atoms with Gasteiger partial charge in [0.1, 0.15) is 84.0 Å². The molecule has 3 aromatic carbocycles. The first-order chi connectivity index (χ1) is 32.8. The van der Waals surface area contributed by atoms with Crippen LogP contribution in [-0.2, 0) is 28.5 Å². The van der Waals surface area contributed by atoms with Crippen molar-refractivity contribution in [1.82, 2.24) is 0 Å². The second-order valence-corrected chi connectivity index (χ2v) is 16.3. The fourth-order valence-electron chi connectivity index (χ4n) is 7.75. The summed E-state index contributed by atoms with van der Waals surface area (Å²) in [6.07, 6.45) is -23.3. The molecule has 11 N–H and O–H groups in total. The topological polar surface area (TPSA) is 362 Å². The highest BCUT2D eigenvalue weighted by Gasteiger charge is 2.52. The second kappa shape index (κ2) is 20.9. The van der Waals surface area contributed by atoms with Gasteiger partial charge in [-0.1, -0.05) is 0 Å². The lowest BCUT2D eigenvalue weighted by atomic mass is 9.97. The number of rotatable bonds is 14. The molecule has 24 heteroatoms. The number of hydrogen-bond acceptors (Lipinski definition) is 24. The summed E-state index contributed by atoms with van der Waals surface area (Å²) in [6, 6.07) is 8.57. The predicted octanol–water partition coefficient (Wildman–Crippen LogP) is -0.896. The van der Waals surface area contributed by atoms with Gasteiger partial charge in [-0.2, -0.15) is 0 Å². The number of benzene rings is 3. The van der Waals surface area contributed by atoms with Gasteiger partial charge >= 0.3 is 5.97 Å². The first kappa shape index (κ1) is 50.9. The van der Waals surface area contributed by atoms with E-state index in [0.717, 1.165) is 18.2 Å². The number of aliphatic hydroxyl groups is 8. The summed E-state index contributed by atoms with van der Waals surface area (Å²) in [5, 5.41) is 117. The molecule has 376 valence electrons. The molecule has 3 fully saturated rings. The average Bonchev–Trinajstić information content (AvgIpc) is 3.32. The zero-order valence-corrected chi connectivity index (χ0v) is 37.3. The van der Waals surface area contributed by atoms with Crippen LogP contribution in [0.15, 0.2) is 57.8 Å². The minimum atomic E-state index is -2.09. The van der Waals surface area contributed by atoms with E-state index >= 15 is 0 Å². The van der Waals surface area contributed by atoms with E-state index in [9.17, 15) is 65.8 Å². The molecule has 0 saturated carbocycles. The highest BCUT2D eigenvalue weighted by Crippen LogP contribution is 2.42. The lowest BCUT2D eigenvalue weighted by Gasteiger charge is -2.45. The lowest BCUT2D eigenvalue weighted by molar-refractivity contribution is -0.354. The fourth-order valence-corrected chi connectivity index (χ4v) is 7.75. The third-order valence-corrected chi connectivity index (χ3v) is 11.7. The van der Waals surface area contributed by atoms with Crippen molar-refractivity contribution in [2.45, 2.75) is 106 Å². The minimum absolute atomic E-state index is 0.0200. The molecule has 4 aromatic rings. The maximum atomic E-state index is 14.7. The summed E-state index contributed by atoms with van der Waals surface area (Å²) >= 11 is 0. The maximum Gasteiger partial charge on any atom is 0.330 e. The monoisotopic (exact) mass is 976 g/mol. The molecule has 0 amide bonds. The van der Waals surface area contributed by atoms with Crippen molar-refractivity contribution in [3.63, 3.8) is 0 Å². The van der Waals surface area contributed by atoms with Crippen LogP contribution in [0.3, 0.4) is 0 Å². The highest BCUT2D eigenvalue weighted by atomic mass is 16.8. The van der Waals surface area contributed by atoms with E-state index in [1.807, 2.05) is 0 Å². The van der Waals surface area contributed by atoms with Crippen LogP contribution in [0.2, 0.25) is 0 Å². The third-order valence-electron chi connectivity index (χ3n) is 11.7. The Labute approximate surface area is 390 Å². The molecular formula is C45H52O24. The van der Waals surface area contributed by atoms with Crippen LogP contribution >= 0.6 is 0 Å². The zero-order chi connectivity index (χ0) is 50.2. The smallest absolute Gasteiger partial charge is 0.330 e. The van der Waals surface area contributed by atoms with Gasteiger partial charge in [0, 0.05) is 23.8 Å². The Hall–Kier alpha value is -6.00. The van der Waals surface area contributed by atoms with Gasteiger partial charge in [-0.25, -0.2) is 4.79 Å². The van der Waals surface area contributed by atoms with Crippen molar-refractivity contribution >= 4 is 23.0 Å². The number of carbonyl (C=O) groups excluding carboxylic acids is 1. The summed E-state index contributed by atoms with van der Waals surface area (Å²) in [4.78, 5) is 27.7. The van der Waals surface area contributed by atoms with Crippen LogP contribution in [-0.4, -0.2) is 182 Å². The minimum Gasteiger partial charge on any atom is -0.507 e. The second-order valence-electron chi connectivity index (χ2n) is 16.3. The number of aromatic hydroxyl groups is 3. The van der Waals surface area contributed by atoms with E-state index in [0.29, 0.717) is 5.56 Å². The molecule has 7 rings (SSSR count). The lowest BCUT2D eigenvalue weighted by Crippen LogP contribution is -2.64. The number of phenols is 3. The van der Waals surface area contributed by atoms with E-state index in [1.165, 1.54) is 71.6 Å². The van der Waals surface area contributed by atoms with Gasteiger partial charge in [-0.05, 0) is 55.8 Å². The average molecular weight is 977 g/mol. The van der Waals surface area contributed by atoms with Gasteiger partial charge in [0.25, 0.3) is 0 Å². The molecule has 0 radical (unpaired) electrons. The van der Waals surface area contributed by atoms with E-state index < -0.39 is 133 Å². The molecule has 1 aromatic heterocycles. The third kappa shape index (κ3) is 10.3. The van der Waals surface area contributed by atoms with Gasteiger partial charge in [0.2, 0.25) is 29.5 Å². The molecule has 6 unspecified atom stereocenters. The summed E-state index contributed by atoms with van der Waals surface area (Å²) in [5.74, 6) is -3.93. The molecule has 0 bridgehead atoms. The van der Waals surface area contributed by atoms with E-state index in [4.69, 9.17) is 51.8 Å². The van der Waals surface area contributed by atoms with Crippen LogP contribution in [0.1, 0.15) is 19.4 Å². The van der Waals surface area contributed by atoms with Gasteiger partial charge in [-0.3, -0.25) is 4.79 Å². The molecule has 69 heavy (non-hydrogen) atoms. The molecule has 24 nitrogen and oxygen atoms in total. The number of methoxy groups -OCH3 is 3. The van der Waals surface area contributed by atoms with Crippen molar-refractivity contribution in [3.05, 3.63) is 64.3 Å². The molecule has 3 saturated heterocycles. The summed E-state index contributed by atoms with van der Waals surface area (Å²) < 4.78 is 62.0. The Morgan fingerprint density at radius 2 is 1.26 bits per heavy atom. The van der Waals surface area contributed by atoms with Gasteiger partial charge < -0.3 is 108 Å². The fraction of sp³-hybridized carbons (Fsp3) is 0.467. The number of carbonyl (C=O) groups is 1. The molecule has 4 heterocycles. The quantitative estimate of drug-likeness (QED) is 0.0539. The summed E-state index contributed by atoms with van der Waals surface area (Å²) in [5.41, 5.74) is -1.18. The van der Waals surface area contributed by atoms with Gasteiger partial charge in [0.15, 0.2) is 41.2 Å². The summed E-state index contributed by atoms with van der Waals surface area (Å²) in [6.45, 7) is 1.98. The van der Waals surface area contributed by atoms with E-state index in [2.05, 4.69) is 0 Å². The Morgan fingerprint density at radius 1 is 0.652 bits per heavy atom. The van der Waals surface area contributed by atoms with Gasteiger partial charge in [-0.15, -0.1) is 0 Å².